The van der Waals surface area contributed by atoms with Crippen LogP contribution in [0.2, 0.25) is 5.02 Å². The van der Waals surface area contributed by atoms with E-state index in [2.05, 4.69) is 25.4 Å². The zero-order valence-electron chi connectivity index (χ0n) is 12.4. The first kappa shape index (κ1) is 14.2. The molecule has 0 amide bonds. The predicted molar refractivity (Wildman–Crippen MR) is 83.6 cm³/mol. The molecule has 2 aliphatic rings. The zero-order chi connectivity index (χ0) is 14.2. The van der Waals surface area contributed by atoms with E-state index >= 15 is 0 Å². The fourth-order valence-electron chi connectivity index (χ4n) is 4.05. The minimum atomic E-state index is 0.319. The van der Waals surface area contributed by atoms with Gasteiger partial charge in [0, 0.05) is 17.9 Å². The van der Waals surface area contributed by atoms with Crippen molar-refractivity contribution in [1.82, 2.24) is 5.32 Å². The molecule has 0 bridgehead atoms. The molecule has 110 valence electrons. The van der Waals surface area contributed by atoms with E-state index in [0.29, 0.717) is 17.6 Å². The Morgan fingerprint density at radius 1 is 1.25 bits per heavy atom. The van der Waals surface area contributed by atoms with Gasteiger partial charge in [-0.3, -0.25) is 0 Å². The molecule has 2 unspecified atom stereocenters. The Morgan fingerprint density at radius 3 is 2.70 bits per heavy atom. The highest BCUT2D eigenvalue weighted by atomic mass is 35.5. The molecule has 1 spiro atoms. The first-order chi connectivity index (χ1) is 9.65. The summed E-state index contributed by atoms with van der Waals surface area (Å²) < 4.78 is 6.32. The largest absolute Gasteiger partial charge is 0.488 e. The molecule has 0 aromatic heterocycles. The average Bonchev–Trinajstić information content (AvgIpc) is 2.47. The molecule has 2 aliphatic carbocycles. The van der Waals surface area contributed by atoms with Crippen LogP contribution in [-0.2, 0) is 0 Å². The summed E-state index contributed by atoms with van der Waals surface area (Å²) in [6, 6.07) is 6.64. The maximum atomic E-state index is 6.32. The normalized spacial score (nSPS) is 28.1. The van der Waals surface area contributed by atoms with E-state index in [-0.39, 0.29) is 0 Å². The molecule has 20 heavy (non-hydrogen) atoms. The number of nitrogens with one attached hydrogen (secondary N) is 1. The highest BCUT2D eigenvalue weighted by Crippen LogP contribution is 2.53. The van der Waals surface area contributed by atoms with Crippen molar-refractivity contribution in [2.45, 2.75) is 57.6 Å². The number of ether oxygens (including phenoxy) is 1. The topological polar surface area (TPSA) is 21.3 Å². The van der Waals surface area contributed by atoms with Crippen LogP contribution in [0.25, 0.3) is 0 Å². The van der Waals surface area contributed by atoms with E-state index in [0.717, 1.165) is 17.2 Å². The molecule has 2 nitrogen and oxygen atoms in total. The number of aryl methyl sites for hydroxylation is 1. The van der Waals surface area contributed by atoms with Gasteiger partial charge in [0.1, 0.15) is 11.9 Å². The summed E-state index contributed by atoms with van der Waals surface area (Å²) >= 11 is 6.28. The molecule has 1 aromatic carbocycles. The molecule has 2 atom stereocenters. The number of benzene rings is 1. The van der Waals surface area contributed by atoms with Crippen LogP contribution in [0.3, 0.4) is 0 Å². The zero-order valence-corrected chi connectivity index (χ0v) is 13.2. The van der Waals surface area contributed by atoms with Gasteiger partial charge in [-0.1, -0.05) is 36.9 Å². The Kier molecular flexibility index (Phi) is 3.96. The highest BCUT2D eigenvalue weighted by molar-refractivity contribution is 6.32. The summed E-state index contributed by atoms with van der Waals surface area (Å²) in [5.41, 5.74) is 1.53. The molecule has 0 saturated heterocycles. The molecule has 2 fully saturated rings. The summed E-state index contributed by atoms with van der Waals surface area (Å²) in [7, 11) is 2.08. The van der Waals surface area contributed by atoms with Crippen LogP contribution in [0.15, 0.2) is 18.2 Å². The summed E-state index contributed by atoms with van der Waals surface area (Å²) in [6.07, 6.45) is 8.02. The van der Waals surface area contributed by atoms with Crippen molar-refractivity contribution in [1.29, 1.82) is 0 Å². The van der Waals surface area contributed by atoms with Crippen LogP contribution in [0.4, 0.5) is 0 Å². The first-order valence-electron chi connectivity index (χ1n) is 7.76. The van der Waals surface area contributed by atoms with Crippen molar-refractivity contribution < 1.29 is 4.74 Å². The van der Waals surface area contributed by atoms with Crippen molar-refractivity contribution in [3.05, 3.63) is 28.8 Å². The summed E-state index contributed by atoms with van der Waals surface area (Å²) in [5.74, 6) is 0.858. The van der Waals surface area contributed by atoms with Crippen LogP contribution >= 0.6 is 11.6 Å². The second-order valence-corrected chi connectivity index (χ2v) is 6.82. The van der Waals surface area contributed by atoms with Gasteiger partial charge in [-0.15, -0.1) is 0 Å². The fraction of sp³-hybridized carbons (Fsp3) is 0.647. The van der Waals surface area contributed by atoms with E-state index in [9.17, 15) is 0 Å². The molecule has 3 rings (SSSR count). The van der Waals surface area contributed by atoms with Gasteiger partial charge in [-0.05, 0) is 44.5 Å². The number of hydrogen-bond donors (Lipinski definition) is 1. The second-order valence-electron chi connectivity index (χ2n) is 6.41. The molecule has 2 saturated carbocycles. The molecule has 0 heterocycles. The van der Waals surface area contributed by atoms with E-state index in [1.165, 1.54) is 37.7 Å². The Balaban J connectivity index is 1.78. The number of hydrogen-bond acceptors (Lipinski definition) is 2. The standard InChI is InChI=1S/C17H24ClNO/c1-12-6-7-13(18)14(10-12)20-16-11-15(19-2)17(16)8-4-3-5-9-17/h6-7,10,15-16,19H,3-5,8-9,11H2,1-2H3. The maximum absolute atomic E-state index is 6.32. The Labute approximate surface area is 126 Å². The van der Waals surface area contributed by atoms with Gasteiger partial charge in [0.25, 0.3) is 0 Å². The van der Waals surface area contributed by atoms with E-state index < -0.39 is 0 Å². The van der Waals surface area contributed by atoms with Gasteiger partial charge in [-0.2, -0.15) is 0 Å². The van der Waals surface area contributed by atoms with Crippen molar-refractivity contribution in [2.75, 3.05) is 7.05 Å². The maximum Gasteiger partial charge on any atom is 0.138 e. The lowest BCUT2D eigenvalue weighted by Crippen LogP contribution is -2.64. The molecule has 0 aliphatic heterocycles. The van der Waals surface area contributed by atoms with Gasteiger partial charge in [0.2, 0.25) is 0 Å². The highest BCUT2D eigenvalue weighted by Gasteiger charge is 2.56. The van der Waals surface area contributed by atoms with Crippen LogP contribution < -0.4 is 10.1 Å². The van der Waals surface area contributed by atoms with E-state index in [1.807, 2.05) is 12.1 Å². The molecular formula is C17H24ClNO. The average molecular weight is 294 g/mol. The Morgan fingerprint density at radius 2 is 2.00 bits per heavy atom. The van der Waals surface area contributed by atoms with Crippen LogP contribution in [-0.4, -0.2) is 19.2 Å². The SMILES string of the molecule is CNC1CC(Oc2cc(C)ccc2Cl)C12CCCCC2. The molecular weight excluding hydrogens is 270 g/mol. The lowest BCUT2D eigenvalue weighted by Gasteiger charge is -2.57. The third-order valence-electron chi connectivity index (χ3n) is 5.27. The Bertz CT molecular complexity index is 482. The second kappa shape index (κ2) is 5.57. The monoisotopic (exact) mass is 293 g/mol. The quantitative estimate of drug-likeness (QED) is 0.895. The van der Waals surface area contributed by atoms with Gasteiger partial charge in [-0.25, -0.2) is 0 Å². The minimum Gasteiger partial charge on any atom is -0.488 e. The molecule has 3 heteroatoms. The number of halogens is 1. The number of rotatable bonds is 3. The smallest absolute Gasteiger partial charge is 0.138 e. The minimum absolute atomic E-state index is 0.319. The van der Waals surface area contributed by atoms with Crippen molar-refractivity contribution in [3.63, 3.8) is 0 Å². The first-order valence-corrected chi connectivity index (χ1v) is 8.13. The van der Waals surface area contributed by atoms with Gasteiger partial charge < -0.3 is 10.1 Å². The van der Waals surface area contributed by atoms with Gasteiger partial charge >= 0.3 is 0 Å². The lowest BCUT2D eigenvalue weighted by atomic mass is 9.55. The van der Waals surface area contributed by atoms with Crippen LogP contribution in [0.1, 0.15) is 44.1 Å². The van der Waals surface area contributed by atoms with Crippen molar-refractivity contribution >= 4 is 11.6 Å². The van der Waals surface area contributed by atoms with E-state index in [1.54, 1.807) is 0 Å². The molecule has 1 N–H and O–H groups in total. The Hall–Kier alpha value is -0.730. The van der Waals surface area contributed by atoms with Gasteiger partial charge in [0.15, 0.2) is 0 Å². The van der Waals surface area contributed by atoms with Crippen LogP contribution in [0, 0.1) is 12.3 Å². The molecule has 1 aromatic rings. The third-order valence-corrected chi connectivity index (χ3v) is 5.59. The fourth-order valence-corrected chi connectivity index (χ4v) is 4.21. The van der Waals surface area contributed by atoms with Crippen molar-refractivity contribution in [2.24, 2.45) is 5.41 Å². The van der Waals surface area contributed by atoms with E-state index in [4.69, 9.17) is 16.3 Å². The van der Waals surface area contributed by atoms with Crippen LogP contribution in [0.5, 0.6) is 5.75 Å². The lowest BCUT2D eigenvalue weighted by molar-refractivity contribution is -0.100. The predicted octanol–water partition coefficient (Wildman–Crippen LogP) is 4.34. The summed E-state index contributed by atoms with van der Waals surface area (Å²) in [4.78, 5) is 0. The molecule has 0 radical (unpaired) electrons. The third kappa shape index (κ3) is 2.33. The van der Waals surface area contributed by atoms with Gasteiger partial charge in [0.05, 0.1) is 5.02 Å². The van der Waals surface area contributed by atoms with Crippen molar-refractivity contribution in [3.8, 4) is 5.75 Å². The summed E-state index contributed by atoms with van der Waals surface area (Å²) in [5, 5.41) is 4.22. The summed E-state index contributed by atoms with van der Waals surface area (Å²) in [6.45, 7) is 2.08.